The molecule has 0 spiro atoms. The van der Waals surface area contributed by atoms with E-state index in [4.69, 9.17) is 4.74 Å². The number of ether oxygens (including phenoxy) is 1. The fourth-order valence-electron chi connectivity index (χ4n) is 2.88. The maximum atomic E-state index is 12.7. The summed E-state index contributed by atoms with van der Waals surface area (Å²) in [4.78, 5) is 50.5. The number of carbonyl (C=O) groups excluding carboxylic acids is 4. The van der Waals surface area contributed by atoms with Gasteiger partial charge in [0.25, 0.3) is 17.7 Å². The molecule has 1 aromatic carbocycles. The van der Waals surface area contributed by atoms with E-state index in [9.17, 15) is 32.3 Å². The fraction of sp³-hybridized carbons (Fsp3) is 0.474. The van der Waals surface area contributed by atoms with E-state index in [1.807, 2.05) is 0 Å². The van der Waals surface area contributed by atoms with E-state index in [1.165, 1.54) is 12.1 Å². The quantitative estimate of drug-likeness (QED) is 0.546. The molecular formula is C19H21F3N2O5. The molecule has 1 aliphatic heterocycles. The Kier molecular flexibility index (Phi) is 6.66. The van der Waals surface area contributed by atoms with Crippen LogP contribution in [0, 0.1) is 5.92 Å². The molecule has 1 aromatic rings. The van der Waals surface area contributed by atoms with Crippen molar-refractivity contribution < 1.29 is 37.1 Å². The minimum absolute atomic E-state index is 0.0706. The lowest BCUT2D eigenvalue weighted by Gasteiger charge is -2.27. The maximum Gasteiger partial charge on any atom is 0.405 e. The van der Waals surface area contributed by atoms with Gasteiger partial charge in [0.2, 0.25) is 0 Å². The third-order valence-electron chi connectivity index (χ3n) is 4.23. The third kappa shape index (κ3) is 5.33. The van der Waals surface area contributed by atoms with Crippen molar-refractivity contribution in [1.82, 2.24) is 10.2 Å². The summed E-state index contributed by atoms with van der Waals surface area (Å²) >= 11 is 0. The van der Waals surface area contributed by atoms with Crippen LogP contribution in [-0.2, 0) is 14.3 Å². The summed E-state index contributed by atoms with van der Waals surface area (Å²) in [6.45, 7) is 3.07. The van der Waals surface area contributed by atoms with Crippen molar-refractivity contribution in [2.45, 2.75) is 45.5 Å². The van der Waals surface area contributed by atoms with Crippen LogP contribution in [0.1, 0.15) is 47.9 Å². The Labute approximate surface area is 165 Å². The van der Waals surface area contributed by atoms with E-state index in [2.05, 4.69) is 0 Å². The molecule has 158 valence electrons. The first-order valence-corrected chi connectivity index (χ1v) is 8.94. The molecule has 0 aromatic heterocycles. The predicted molar refractivity (Wildman–Crippen MR) is 94.8 cm³/mol. The molecule has 7 nitrogen and oxygen atoms in total. The SMILES string of the molecule is CC(C)C[C@H](C(=O)O[C@H](C)C(=O)NCC(F)(F)F)N1C(=O)c2ccccc2C1=O. The van der Waals surface area contributed by atoms with E-state index in [0.717, 1.165) is 11.8 Å². The van der Waals surface area contributed by atoms with E-state index >= 15 is 0 Å². The molecule has 0 bridgehead atoms. The van der Waals surface area contributed by atoms with Crippen LogP contribution in [0.25, 0.3) is 0 Å². The summed E-state index contributed by atoms with van der Waals surface area (Å²) in [5, 5.41) is 1.62. The number of alkyl halides is 3. The van der Waals surface area contributed by atoms with Gasteiger partial charge in [0, 0.05) is 0 Å². The number of halogens is 3. The van der Waals surface area contributed by atoms with Gasteiger partial charge in [-0.25, -0.2) is 4.79 Å². The lowest BCUT2D eigenvalue weighted by atomic mass is 10.0. The van der Waals surface area contributed by atoms with Crippen LogP contribution >= 0.6 is 0 Å². The average Bonchev–Trinajstić information content (AvgIpc) is 2.88. The van der Waals surface area contributed by atoms with E-state index < -0.39 is 48.6 Å². The second kappa shape index (κ2) is 8.62. The number of hydrogen-bond acceptors (Lipinski definition) is 5. The number of amides is 3. The lowest BCUT2D eigenvalue weighted by molar-refractivity contribution is -0.161. The van der Waals surface area contributed by atoms with Crippen molar-refractivity contribution in [2.24, 2.45) is 5.92 Å². The molecule has 0 saturated heterocycles. The van der Waals surface area contributed by atoms with Gasteiger partial charge in [-0.1, -0.05) is 26.0 Å². The smallest absolute Gasteiger partial charge is 0.405 e. The van der Waals surface area contributed by atoms with Crippen molar-refractivity contribution in [3.05, 3.63) is 35.4 Å². The zero-order chi connectivity index (χ0) is 21.9. The van der Waals surface area contributed by atoms with Crippen molar-refractivity contribution >= 4 is 23.7 Å². The van der Waals surface area contributed by atoms with Crippen LogP contribution < -0.4 is 5.32 Å². The minimum atomic E-state index is -4.61. The van der Waals surface area contributed by atoms with Crippen LogP contribution in [0.15, 0.2) is 24.3 Å². The molecule has 1 aliphatic rings. The highest BCUT2D eigenvalue weighted by molar-refractivity contribution is 6.22. The predicted octanol–water partition coefficient (Wildman–Crippen LogP) is 2.31. The lowest BCUT2D eigenvalue weighted by Crippen LogP contribution is -2.48. The van der Waals surface area contributed by atoms with Gasteiger partial charge in [0.15, 0.2) is 6.10 Å². The molecule has 0 radical (unpaired) electrons. The topological polar surface area (TPSA) is 92.8 Å². The Morgan fingerprint density at radius 3 is 2.03 bits per heavy atom. The van der Waals surface area contributed by atoms with Gasteiger partial charge in [-0.05, 0) is 31.4 Å². The molecule has 10 heteroatoms. The monoisotopic (exact) mass is 414 g/mol. The first-order chi connectivity index (χ1) is 13.4. The van der Waals surface area contributed by atoms with Crippen molar-refractivity contribution in [3.8, 4) is 0 Å². The van der Waals surface area contributed by atoms with Crippen LogP contribution in [0.3, 0.4) is 0 Å². The van der Waals surface area contributed by atoms with Gasteiger partial charge in [0.1, 0.15) is 12.6 Å². The summed E-state index contributed by atoms with van der Waals surface area (Å²) in [5.41, 5.74) is 0.296. The maximum absolute atomic E-state index is 12.7. The molecule has 1 N–H and O–H groups in total. The Bertz CT molecular complexity index is 787. The number of nitrogens with zero attached hydrogens (tertiary/aromatic N) is 1. The number of imide groups is 1. The van der Waals surface area contributed by atoms with Crippen LogP contribution in [0.2, 0.25) is 0 Å². The van der Waals surface area contributed by atoms with Crippen LogP contribution in [0.4, 0.5) is 13.2 Å². The summed E-state index contributed by atoms with van der Waals surface area (Å²) in [7, 11) is 0. The average molecular weight is 414 g/mol. The van der Waals surface area contributed by atoms with Crippen LogP contribution in [-0.4, -0.2) is 53.5 Å². The summed E-state index contributed by atoms with van der Waals surface area (Å²) in [6.07, 6.45) is -6.07. The number of nitrogens with one attached hydrogen (secondary N) is 1. The van der Waals surface area contributed by atoms with Crippen molar-refractivity contribution in [3.63, 3.8) is 0 Å². The number of benzene rings is 1. The standard InChI is InChI=1S/C19H21F3N2O5/c1-10(2)8-14(18(28)29-11(3)15(25)23-9-19(20,21)22)24-16(26)12-6-4-5-7-13(12)17(24)27/h4-7,10-11,14H,8-9H2,1-3H3,(H,23,25)/t11-,14-/m1/s1. The molecule has 0 fully saturated rings. The molecule has 0 unspecified atom stereocenters. The molecule has 1 heterocycles. The fourth-order valence-corrected chi connectivity index (χ4v) is 2.88. The first-order valence-electron chi connectivity index (χ1n) is 8.94. The zero-order valence-electron chi connectivity index (χ0n) is 16.1. The normalized spacial score (nSPS) is 15.9. The van der Waals surface area contributed by atoms with Crippen LogP contribution in [0.5, 0.6) is 0 Å². The van der Waals surface area contributed by atoms with E-state index in [-0.39, 0.29) is 23.5 Å². The van der Waals surface area contributed by atoms with E-state index in [0.29, 0.717) is 0 Å². The van der Waals surface area contributed by atoms with Gasteiger partial charge in [-0.2, -0.15) is 13.2 Å². The second-order valence-corrected chi connectivity index (χ2v) is 7.08. The largest absolute Gasteiger partial charge is 0.451 e. The Morgan fingerprint density at radius 2 is 1.59 bits per heavy atom. The molecular weight excluding hydrogens is 393 g/mol. The second-order valence-electron chi connectivity index (χ2n) is 7.08. The Hall–Kier alpha value is -2.91. The molecule has 0 aliphatic carbocycles. The Balaban J connectivity index is 2.16. The molecule has 29 heavy (non-hydrogen) atoms. The molecule has 2 atom stereocenters. The van der Waals surface area contributed by atoms with Gasteiger partial charge in [-0.15, -0.1) is 0 Å². The highest BCUT2D eigenvalue weighted by atomic mass is 19.4. The van der Waals surface area contributed by atoms with Gasteiger partial charge >= 0.3 is 12.1 Å². The van der Waals surface area contributed by atoms with Gasteiger partial charge < -0.3 is 10.1 Å². The van der Waals surface area contributed by atoms with Crippen molar-refractivity contribution in [1.29, 1.82) is 0 Å². The molecule has 0 saturated carbocycles. The minimum Gasteiger partial charge on any atom is -0.451 e. The third-order valence-corrected chi connectivity index (χ3v) is 4.23. The number of carbonyl (C=O) groups is 4. The number of fused-ring (bicyclic) bond motifs is 1. The van der Waals surface area contributed by atoms with Gasteiger partial charge in [0.05, 0.1) is 11.1 Å². The highest BCUT2D eigenvalue weighted by Crippen LogP contribution is 2.27. The summed E-state index contributed by atoms with van der Waals surface area (Å²) in [6, 6.07) is 4.77. The number of esters is 1. The molecule has 2 rings (SSSR count). The Morgan fingerprint density at radius 1 is 1.07 bits per heavy atom. The zero-order valence-corrected chi connectivity index (χ0v) is 16.1. The van der Waals surface area contributed by atoms with Crippen molar-refractivity contribution in [2.75, 3.05) is 6.54 Å². The van der Waals surface area contributed by atoms with E-state index in [1.54, 1.807) is 31.3 Å². The number of rotatable bonds is 7. The van der Waals surface area contributed by atoms with Gasteiger partial charge in [-0.3, -0.25) is 19.3 Å². The number of hydrogen-bond donors (Lipinski definition) is 1. The summed E-state index contributed by atoms with van der Waals surface area (Å²) in [5.74, 6) is -3.62. The molecule has 3 amide bonds. The first kappa shape index (κ1) is 22.4. The summed E-state index contributed by atoms with van der Waals surface area (Å²) < 4.78 is 41.7. The highest BCUT2D eigenvalue weighted by Gasteiger charge is 2.44.